The van der Waals surface area contributed by atoms with Crippen LogP contribution in [0.3, 0.4) is 0 Å². The van der Waals surface area contributed by atoms with Gasteiger partial charge in [0.05, 0.1) is 12.1 Å². The Morgan fingerprint density at radius 2 is 2.18 bits per heavy atom. The minimum atomic E-state index is -0.0476. The quantitative estimate of drug-likeness (QED) is 0.777. The van der Waals surface area contributed by atoms with Crippen molar-refractivity contribution in [3.8, 4) is 6.07 Å². The summed E-state index contributed by atoms with van der Waals surface area (Å²) in [6.07, 6.45) is 2.01. The van der Waals surface area contributed by atoms with Crippen LogP contribution in [0.5, 0.6) is 0 Å². The van der Waals surface area contributed by atoms with Crippen LogP contribution in [0.25, 0.3) is 0 Å². The zero-order valence-electron chi connectivity index (χ0n) is 9.40. The Hall–Kier alpha value is -1.09. The molecule has 0 unspecified atom stereocenters. The minimum Gasteiger partial charge on any atom is -0.335 e. The van der Waals surface area contributed by atoms with Crippen molar-refractivity contribution in [3.63, 3.8) is 0 Å². The third kappa shape index (κ3) is 2.78. The number of nitriles is 1. The topological polar surface area (TPSA) is 44.1 Å². The molecule has 0 spiro atoms. The van der Waals surface area contributed by atoms with Crippen molar-refractivity contribution < 1.29 is 4.79 Å². The lowest BCUT2D eigenvalue weighted by molar-refractivity contribution is -0.131. The lowest BCUT2D eigenvalue weighted by atomic mass is 10.0. The Morgan fingerprint density at radius 3 is 2.82 bits per heavy atom. The molecule has 17 heavy (non-hydrogen) atoms. The molecule has 4 heteroatoms. The van der Waals surface area contributed by atoms with Gasteiger partial charge in [-0.05, 0) is 53.1 Å². The monoisotopic (exact) mass is 340 g/mol. The lowest BCUT2D eigenvalue weighted by Gasteiger charge is -2.24. The van der Waals surface area contributed by atoms with Crippen LogP contribution in [0, 0.1) is 14.9 Å². The molecular weight excluding hydrogens is 327 g/mol. The molecule has 2 rings (SSSR count). The fourth-order valence-corrected chi connectivity index (χ4v) is 2.63. The van der Waals surface area contributed by atoms with Crippen molar-refractivity contribution in [2.75, 3.05) is 6.54 Å². The third-order valence-corrected chi connectivity index (χ3v) is 3.78. The number of carbonyl (C=O) groups is 1. The number of hydrogen-bond donors (Lipinski definition) is 0. The highest BCUT2D eigenvalue weighted by Crippen LogP contribution is 2.32. The Kier molecular flexibility index (Phi) is 4.00. The van der Waals surface area contributed by atoms with E-state index in [2.05, 4.69) is 46.9 Å². The van der Waals surface area contributed by atoms with E-state index >= 15 is 0 Å². The van der Waals surface area contributed by atoms with E-state index in [0.29, 0.717) is 0 Å². The fraction of sp³-hybridized carbons (Fsp3) is 0.385. The van der Waals surface area contributed by atoms with Crippen molar-refractivity contribution in [2.45, 2.75) is 25.3 Å². The van der Waals surface area contributed by atoms with Gasteiger partial charge in [-0.2, -0.15) is 5.26 Å². The van der Waals surface area contributed by atoms with E-state index in [4.69, 9.17) is 5.26 Å². The van der Waals surface area contributed by atoms with Crippen LogP contribution in [0.1, 0.15) is 30.9 Å². The van der Waals surface area contributed by atoms with Gasteiger partial charge in [0.15, 0.2) is 0 Å². The van der Waals surface area contributed by atoms with Gasteiger partial charge >= 0.3 is 0 Å². The molecular formula is C13H13IN2O. The van der Waals surface area contributed by atoms with Crippen LogP contribution < -0.4 is 0 Å². The molecule has 1 atom stereocenters. The number of benzene rings is 1. The number of amides is 1. The molecule has 0 saturated carbocycles. The summed E-state index contributed by atoms with van der Waals surface area (Å²) in [5, 5.41) is 8.59. The van der Waals surface area contributed by atoms with Gasteiger partial charge in [-0.25, -0.2) is 0 Å². The number of carbonyl (C=O) groups excluding carboxylic acids is 1. The summed E-state index contributed by atoms with van der Waals surface area (Å²) in [6.45, 7) is 0.775. The second kappa shape index (κ2) is 5.50. The van der Waals surface area contributed by atoms with Crippen molar-refractivity contribution in [2.24, 2.45) is 0 Å². The molecule has 0 bridgehead atoms. The summed E-state index contributed by atoms with van der Waals surface area (Å²) in [5.41, 5.74) is 1.18. The van der Waals surface area contributed by atoms with E-state index in [1.54, 1.807) is 0 Å². The summed E-state index contributed by atoms with van der Waals surface area (Å²) in [4.78, 5) is 13.6. The van der Waals surface area contributed by atoms with E-state index in [1.165, 1.54) is 9.13 Å². The third-order valence-electron chi connectivity index (χ3n) is 3.06. The van der Waals surface area contributed by atoms with Crippen LogP contribution in [0.4, 0.5) is 0 Å². The lowest BCUT2D eigenvalue weighted by Crippen LogP contribution is -2.29. The average Bonchev–Trinajstić information content (AvgIpc) is 2.79. The molecule has 0 radical (unpaired) electrons. The second-order valence-corrected chi connectivity index (χ2v) is 5.38. The Bertz CT molecular complexity index is 449. The molecule has 3 nitrogen and oxygen atoms in total. The van der Waals surface area contributed by atoms with Crippen molar-refractivity contribution in [1.29, 1.82) is 5.26 Å². The second-order valence-electron chi connectivity index (χ2n) is 4.13. The van der Waals surface area contributed by atoms with E-state index < -0.39 is 0 Å². The van der Waals surface area contributed by atoms with Gasteiger partial charge in [0, 0.05) is 10.1 Å². The summed E-state index contributed by atoms with van der Waals surface area (Å²) in [5.74, 6) is -0.0476. The molecule has 88 valence electrons. The maximum atomic E-state index is 11.8. The van der Waals surface area contributed by atoms with Crippen LogP contribution in [-0.2, 0) is 4.79 Å². The molecule has 0 N–H and O–H groups in total. The Balaban J connectivity index is 2.17. The van der Waals surface area contributed by atoms with Crippen molar-refractivity contribution in [1.82, 2.24) is 4.90 Å². The first-order valence-corrected chi connectivity index (χ1v) is 6.72. The fourth-order valence-electron chi connectivity index (χ4n) is 2.27. The zero-order chi connectivity index (χ0) is 12.3. The molecule has 0 aromatic heterocycles. The van der Waals surface area contributed by atoms with Gasteiger partial charge < -0.3 is 4.90 Å². The first kappa shape index (κ1) is 12.4. The average molecular weight is 340 g/mol. The summed E-state index contributed by atoms with van der Waals surface area (Å²) in [7, 11) is 0. The van der Waals surface area contributed by atoms with Crippen LogP contribution >= 0.6 is 22.6 Å². The summed E-state index contributed by atoms with van der Waals surface area (Å²) >= 11 is 2.27. The van der Waals surface area contributed by atoms with Crippen molar-refractivity contribution >= 4 is 28.5 Å². The molecule has 0 aliphatic carbocycles. The highest BCUT2D eigenvalue weighted by atomic mass is 127. The number of likely N-dealkylation sites (tertiary alicyclic amines) is 1. The molecule has 1 aromatic rings. The SMILES string of the molecule is N#CCC(=O)N1CCC[C@H]1c1ccc(I)cc1. The Morgan fingerprint density at radius 1 is 1.47 bits per heavy atom. The van der Waals surface area contributed by atoms with Gasteiger partial charge in [0.25, 0.3) is 0 Å². The smallest absolute Gasteiger partial charge is 0.237 e. The van der Waals surface area contributed by atoms with Gasteiger partial charge in [0.1, 0.15) is 6.42 Å². The first-order chi connectivity index (χ1) is 8.22. The highest BCUT2D eigenvalue weighted by Gasteiger charge is 2.29. The molecule has 1 fully saturated rings. The molecule has 1 saturated heterocycles. The minimum absolute atomic E-state index is 0.0130. The van der Waals surface area contributed by atoms with Gasteiger partial charge in [-0.1, -0.05) is 12.1 Å². The van der Waals surface area contributed by atoms with E-state index in [1.807, 2.05) is 11.0 Å². The molecule has 1 amide bonds. The van der Waals surface area contributed by atoms with E-state index in [0.717, 1.165) is 19.4 Å². The maximum absolute atomic E-state index is 11.8. The van der Waals surface area contributed by atoms with Crippen LogP contribution in [-0.4, -0.2) is 17.4 Å². The summed E-state index contributed by atoms with van der Waals surface area (Å²) in [6, 6.07) is 10.4. The number of rotatable bonds is 2. The van der Waals surface area contributed by atoms with Gasteiger partial charge in [-0.15, -0.1) is 0 Å². The van der Waals surface area contributed by atoms with Gasteiger partial charge in [0.2, 0.25) is 5.91 Å². The number of hydrogen-bond acceptors (Lipinski definition) is 2. The van der Waals surface area contributed by atoms with Crippen LogP contribution in [0.2, 0.25) is 0 Å². The normalized spacial score (nSPS) is 19.1. The molecule has 1 heterocycles. The predicted octanol–water partition coefficient (Wildman–Crippen LogP) is 2.87. The van der Waals surface area contributed by atoms with E-state index in [-0.39, 0.29) is 18.4 Å². The zero-order valence-corrected chi connectivity index (χ0v) is 11.6. The first-order valence-electron chi connectivity index (χ1n) is 5.64. The van der Waals surface area contributed by atoms with E-state index in [9.17, 15) is 4.79 Å². The Labute approximate surface area is 115 Å². The van der Waals surface area contributed by atoms with Crippen LogP contribution in [0.15, 0.2) is 24.3 Å². The standard InChI is InChI=1S/C13H13IN2O/c14-11-5-3-10(4-6-11)12-2-1-9-16(12)13(17)7-8-15/h3-6,12H,1-2,7,9H2/t12-/m0/s1. The number of nitrogens with zero attached hydrogens (tertiary/aromatic N) is 2. The van der Waals surface area contributed by atoms with Gasteiger partial charge in [-0.3, -0.25) is 4.79 Å². The molecule has 1 aromatic carbocycles. The maximum Gasteiger partial charge on any atom is 0.237 e. The number of halogens is 1. The highest BCUT2D eigenvalue weighted by molar-refractivity contribution is 14.1. The molecule has 1 aliphatic heterocycles. The van der Waals surface area contributed by atoms with Crippen molar-refractivity contribution in [3.05, 3.63) is 33.4 Å². The predicted molar refractivity (Wildman–Crippen MR) is 73.1 cm³/mol. The molecule has 1 aliphatic rings. The largest absolute Gasteiger partial charge is 0.335 e. The summed E-state index contributed by atoms with van der Waals surface area (Å²) < 4.78 is 1.19.